The number of pyridine rings is 1. The van der Waals surface area contributed by atoms with E-state index in [0.29, 0.717) is 17.9 Å². The van der Waals surface area contributed by atoms with Gasteiger partial charge in [0.25, 0.3) is 5.56 Å². The van der Waals surface area contributed by atoms with Gasteiger partial charge in [-0.1, -0.05) is 6.07 Å². The van der Waals surface area contributed by atoms with Crippen LogP contribution < -0.4 is 10.9 Å². The topological polar surface area (TPSA) is 78.3 Å². The monoisotopic (exact) mass is 284 g/mol. The van der Waals surface area contributed by atoms with Crippen molar-refractivity contribution in [2.24, 2.45) is 0 Å². The molecule has 21 heavy (non-hydrogen) atoms. The van der Waals surface area contributed by atoms with Crippen molar-refractivity contribution in [2.45, 2.75) is 13.0 Å². The molecule has 108 valence electrons. The first-order valence-corrected chi connectivity index (χ1v) is 6.76. The number of aliphatic hydroxyl groups excluding tert-OH is 1. The van der Waals surface area contributed by atoms with Crippen LogP contribution in [0.1, 0.15) is 6.92 Å². The van der Waals surface area contributed by atoms with E-state index in [-0.39, 0.29) is 5.56 Å². The highest BCUT2D eigenvalue weighted by atomic mass is 16.3. The molecular weight excluding hydrogens is 268 g/mol. The van der Waals surface area contributed by atoms with Gasteiger partial charge in [0, 0.05) is 12.2 Å². The summed E-state index contributed by atoms with van der Waals surface area (Å²) >= 11 is 0. The van der Waals surface area contributed by atoms with E-state index in [1.807, 2.05) is 24.3 Å². The Morgan fingerprint density at radius 1 is 1.33 bits per heavy atom. The molecule has 5 heteroatoms. The fourth-order valence-corrected chi connectivity index (χ4v) is 2.19. The summed E-state index contributed by atoms with van der Waals surface area (Å²) in [4.78, 5) is 15.0. The fraction of sp³-hybridized carbons (Fsp3) is 0.188. The first-order valence-electron chi connectivity index (χ1n) is 6.76. The summed E-state index contributed by atoms with van der Waals surface area (Å²) in [7, 11) is 0. The van der Waals surface area contributed by atoms with Gasteiger partial charge in [-0.2, -0.15) is 0 Å². The summed E-state index contributed by atoms with van der Waals surface area (Å²) in [5.41, 5.74) is 1.91. The predicted octanol–water partition coefficient (Wildman–Crippen LogP) is 2.58. The van der Waals surface area contributed by atoms with Crippen LogP contribution in [-0.2, 0) is 0 Å². The van der Waals surface area contributed by atoms with Crippen LogP contribution in [0.5, 0.6) is 0 Å². The van der Waals surface area contributed by atoms with Crippen molar-refractivity contribution >= 4 is 16.6 Å². The van der Waals surface area contributed by atoms with Gasteiger partial charge in [-0.3, -0.25) is 4.79 Å². The second kappa shape index (κ2) is 5.46. The van der Waals surface area contributed by atoms with E-state index < -0.39 is 6.10 Å². The molecule has 1 aromatic carbocycles. The third kappa shape index (κ3) is 2.83. The van der Waals surface area contributed by atoms with Gasteiger partial charge in [0.15, 0.2) is 0 Å². The molecule has 5 nitrogen and oxygen atoms in total. The first-order chi connectivity index (χ1) is 10.1. The molecule has 0 amide bonds. The quantitative estimate of drug-likeness (QED) is 0.688. The summed E-state index contributed by atoms with van der Waals surface area (Å²) in [6.07, 6.45) is 1.11. The molecular formula is C16H16N2O3. The SMILES string of the molecule is C[C@H](O)CNc1ccc2cc(-c3ccco3)c(=O)[nH]c2c1. The standard InChI is InChI=1S/C16H16N2O3/c1-10(19)9-17-12-5-4-11-7-13(15-3-2-6-21-15)16(20)18-14(11)8-12/h2-8,10,17,19H,9H2,1H3,(H,18,20)/t10-/m0/s1. The molecule has 1 atom stereocenters. The molecule has 0 aliphatic rings. The number of hydrogen-bond acceptors (Lipinski definition) is 4. The van der Waals surface area contributed by atoms with Crippen LogP contribution >= 0.6 is 0 Å². The van der Waals surface area contributed by atoms with E-state index in [0.717, 1.165) is 16.6 Å². The first kappa shape index (κ1) is 13.5. The summed E-state index contributed by atoms with van der Waals surface area (Å²) in [6.45, 7) is 2.17. The van der Waals surface area contributed by atoms with Crippen molar-refractivity contribution in [1.29, 1.82) is 0 Å². The third-order valence-electron chi connectivity index (χ3n) is 3.23. The van der Waals surface area contributed by atoms with Gasteiger partial charge in [0.2, 0.25) is 0 Å². The van der Waals surface area contributed by atoms with E-state index >= 15 is 0 Å². The zero-order valence-corrected chi connectivity index (χ0v) is 11.6. The minimum atomic E-state index is -0.430. The Kier molecular flexibility index (Phi) is 3.50. The van der Waals surface area contributed by atoms with Crippen LogP contribution in [-0.4, -0.2) is 22.7 Å². The number of aliphatic hydroxyl groups is 1. The molecule has 3 N–H and O–H groups in total. The summed E-state index contributed by atoms with van der Waals surface area (Å²) in [5, 5.41) is 13.3. The molecule has 0 unspecified atom stereocenters. The lowest BCUT2D eigenvalue weighted by molar-refractivity contribution is 0.208. The maximum absolute atomic E-state index is 12.1. The largest absolute Gasteiger partial charge is 0.464 e. The van der Waals surface area contributed by atoms with E-state index in [4.69, 9.17) is 4.42 Å². The van der Waals surface area contributed by atoms with E-state index in [1.54, 1.807) is 25.3 Å². The molecule has 0 bridgehead atoms. The molecule has 0 fully saturated rings. The van der Waals surface area contributed by atoms with Gasteiger partial charge in [-0.25, -0.2) is 0 Å². The maximum Gasteiger partial charge on any atom is 0.259 e. The van der Waals surface area contributed by atoms with Crippen molar-refractivity contribution in [3.8, 4) is 11.3 Å². The Hall–Kier alpha value is -2.53. The van der Waals surface area contributed by atoms with Crippen molar-refractivity contribution in [1.82, 2.24) is 4.98 Å². The number of benzene rings is 1. The highest BCUT2D eigenvalue weighted by Gasteiger charge is 2.08. The van der Waals surface area contributed by atoms with Crippen molar-refractivity contribution in [3.63, 3.8) is 0 Å². The van der Waals surface area contributed by atoms with E-state index in [1.165, 1.54) is 0 Å². The molecule has 0 aliphatic carbocycles. The van der Waals surface area contributed by atoms with Gasteiger partial charge in [-0.15, -0.1) is 0 Å². The Balaban J connectivity index is 2.01. The second-order valence-corrected chi connectivity index (χ2v) is 5.02. The van der Waals surface area contributed by atoms with Gasteiger partial charge >= 0.3 is 0 Å². The molecule has 2 heterocycles. The predicted molar refractivity (Wildman–Crippen MR) is 82.4 cm³/mol. The normalized spacial score (nSPS) is 12.5. The van der Waals surface area contributed by atoms with Crippen LogP contribution in [0.15, 0.2) is 51.9 Å². The molecule has 3 rings (SSSR count). The zero-order chi connectivity index (χ0) is 14.8. The summed E-state index contributed by atoms with van der Waals surface area (Å²) in [5.74, 6) is 0.550. The number of furan rings is 1. The second-order valence-electron chi connectivity index (χ2n) is 5.02. The van der Waals surface area contributed by atoms with Crippen LogP contribution in [0.25, 0.3) is 22.2 Å². The third-order valence-corrected chi connectivity index (χ3v) is 3.23. The van der Waals surface area contributed by atoms with E-state index in [9.17, 15) is 9.90 Å². The number of fused-ring (bicyclic) bond motifs is 1. The smallest absolute Gasteiger partial charge is 0.259 e. The Morgan fingerprint density at radius 3 is 2.90 bits per heavy atom. The number of aromatic nitrogens is 1. The minimum absolute atomic E-state index is 0.190. The Labute approximate surface area is 121 Å². The van der Waals surface area contributed by atoms with Crippen LogP contribution in [0.4, 0.5) is 5.69 Å². The molecule has 3 aromatic rings. The van der Waals surface area contributed by atoms with Crippen LogP contribution in [0, 0.1) is 0 Å². The molecule has 0 saturated heterocycles. The number of rotatable bonds is 4. The van der Waals surface area contributed by atoms with Gasteiger partial charge in [-0.05, 0) is 42.6 Å². The summed E-state index contributed by atoms with van der Waals surface area (Å²) < 4.78 is 5.28. The minimum Gasteiger partial charge on any atom is -0.464 e. The van der Waals surface area contributed by atoms with Crippen LogP contribution in [0.2, 0.25) is 0 Å². The molecule has 0 aliphatic heterocycles. The highest BCUT2D eigenvalue weighted by molar-refractivity contribution is 5.85. The number of H-pyrrole nitrogens is 1. The lowest BCUT2D eigenvalue weighted by Gasteiger charge is -2.09. The van der Waals surface area contributed by atoms with Gasteiger partial charge < -0.3 is 19.8 Å². The lowest BCUT2D eigenvalue weighted by Crippen LogP contribution is -2.15. The number of nitrogens with one attached hydrogen (secondary N) is 2. The number of aromatic amines is 1. The fourth-order valence-electron chi connectivity index (χ4n) is 2.19. The lowest BCUT2D eigenvalue weighted by atomic mass is 10.1. The van der Waals surface area contributed by atoms with Crippen LogP contribution in [0.3, 0.4) is 0 Å². The Bertz CT molecular complexity index is 804. The average molecular weight is 284 g/mol. The van der Waals surface area contributed by atoms with Crippen molar-refractivity contribution < 1.29 is 9.52 Å². The van der Waals surface area contributed by atoms with Gasteiger partial charge in [0.05, 0.1) is 23.4 Å². The Morgan fingerprint density at radius 2 is 2.19 bits per heavy atom. The highest BCUT2D eigenvalue weighted by Crippen LogP contribution is 2.22. The van der Waals surface area contributed by atoms with Crippen molar-refractivity contribution in [3.05, 3.63) is 53.0 Å². The maximum atomic E-state index is 12.1. The molecule has 0 spiro atoms. The zero-order valence-electron chi connectivity index (χ0n) is 11.6. The van der Waals surface area contributed by atoms with Crippen molar-refractivity contribution in [2.75, 3.05) is 11.9 Å². The number of hydrogen-bond donors (Lipinski definition) is 3. The van der Waals surface area contributed by atoms with E-state index in [2.05, 4.69) is 10.3 Å². The average Bonchev–Trinajstić information content (AvgIpc) is 2.98. The molecule has 0 saturated carbocycles. The van der Waals surface area contributed by atoms with Gasteiger partial charge in [0.1, 0.15) is 5.76 Å². The number of anilines is 1. The molecule has 2 aromatic heterocycles. The summed E-state index contributed by atoms with van der Waals surface area (Å²) in [6, 6.07) is 11.0. The molecule has 0 radical (unpaired) electrons.